The maximum Gasteiger partial charge on any atom is 0.408 e. The molecular formula is C33H27NO5. The Balaban J connectivity index is 1.88. The van der Waals surface area contributed by atoms with Crippen LogP contribution in [0.2, 0.25) is 0 Å². The second-order valence-corrected chi connectivity index (χ2v) is 8.41. The lowest BCUT2D eigenvalue weighted by atomic mass is 9.91. The summed E-state index contributed by atoms with van der Waals surface area (Å²) in [4.78, 5) is 37.9. The zero-order valence-electron chi connectivity index (χ0n) is 21.3. The molecule has 1 N–H and O–H groups in total. The molecule has 0 unspecified atom stereocenters. The van der Waals surface area contributed by atoms with Crippen LogP contribution < -0.4 is 5.32 Å². The first-order valence-corrected chi connectivity index (χ1v) is 12.2. The van der Waals surface area contributed by atoms with Crippen LogP contribution in [0.5, 0.6) is 0 Å². The highest BCUT2D eigenvalue weighted by molar-refractivity contribution is 5.95. The molecule has 0 saturated carbocycles. The van der Waals surface area contributed by atoms with Gasteiger partial charge in [-0.15, -0.1) is 6.42 Å². The molecule has 0 aliphatic rings. The first-order chi connectivity index (χ1) is 19.0. The molecule has 0 fully saturated rings. The number of amides is 1. The Bertz CT molecular complexity index is 1360. The first-order valence-electron chi connectivity index (χ1n) is 12.2. The fraction of sp³-hybridized carbons (Fsp3) is 0.182. The van der Waals surface area contributed by atoms with Crippen molar-refractivity contribution in [2.75, 3.05) is 6.61 Å². The predicted octanol–water partition coefficient (Wildman–Crippen LogP) is 4.67. The molecule has 1 amide bonds. The summed E-state index contributed by atoms with van der Waals surface area (Å²) in [6.45, 7) is -0.248. The highest BCUT2D eigenvalue weighted by Gasteiger charge is 2.41. The highest BCUT2D eigenvalue weighted by atomic mass is 16.6. The quantitative estimate of drug-likeness (QED) is 0.253. The van der Waals surface area contributed by atoms with Gasteiger partial charge >= 0.3 is 12.1 Å². The summed E-state index contributed by atoms with van der Waals surface area (Å²) in [7, 11) is 0. The number of nitrogens with one attached hydrogen (secondary N) is 1. The topological polar surface area (TPSA) is 81.7 Å². The number of ketones is 1. The second kappa shape index (κ2) is 15.1. The van der Waals surface area contributed by atoms with Crippen molar-refractivity contribution in [2.24, 2.45) is 0 Å². The second-order valence-electron chi connectivity index (χ2n) is 8.41. The van der Waals surface area contributed by atoms with E-state index in [0.717, 1.165) is 16.7 Å². The molecule has 3 aromatic carbocycles. The molecule has 0 aromatic heterocycles. The average Bonchev–Trinajstić information content (AvgIpc) is 2.97. The fourth-order valence-corrected chi connectivity index (χ4v) is 3.38. The van der Waals surface area contributed by atoms with Gasteiger partial charge in [0.05, 0.1) is 13.0 Å². The van der Waals surface area contributed by atoms with Gasteiger partial charge in [-0.3, -0.25) is 4.79 Å². The number of terminal acetylenes is 1. The summed E-state index contributed by atoms with van der Waals surface area (Å²) >= 11 is 0. The molecule has 0 bridgehead atoms. The van der Waals surface area contributed by atoms with E-state index >= 15 is 0 Å². The number of Topliss-reactive ketones (excluding diaryl/α,β-unsaturated/α-hetero) is 1. The van der Waals surface area contributed by atoms with Crippen LogP contribution in [0.3, 0.4) is 0 Å². The first kappa shape index (κ1) is 28.3. The average molecular weight is 518 g/mol. The Morgan fingerprint density at radius 3 is 1.77 bits per heavy atom. The van der Waals surface area contributed by atoms with Crippen molar-refractivity contribution in [2.45, 2.75) is 31.4 Å². The summed E-state index contributed by atoms with van der Waals surface area (Å²) in [5.74, 6) is 12.6. The molecule has 39 heavy (non-hydrogen) atoms. The van der Waals surface area contributed by atoms with Gasteiger partial charge in [-0.05, 0) is 35.7 Å². The normalized spacial score (nSPS) is 9.92. The number of ether oxygens (including phenoxy) is 2. The standard InChI is InChI=1S/C33H27NO5/c1-2-30(35)22-25-38-31(36)33(23-12-20-27-14-6-3-7-15-27,24-13-21-28-16-8-4-9-17-28)34-32(37)39-26-29-18-10-5-11-19-29/h1,3-11,14-19H,22-26H2,(H,34,37). The van der Waals surface area contributed by atoms with Gasteiger partial charge in [-0.2, -0.15) is 0 Å². The Labute approximate surface area is 228 Å². The van der Waals surface area contributed by atoms with E-state index in [9.17, 15) is 14.4 Å². The molecule has 194 valence electrons. The van der Waals surface area contributed by atoms with Gasteiger partial charge in [-0.25, -0.2) is 9.59 Å². The van der Waals surface area contributed by atoms with E-state index in [1.165, 1.54) is 0 Å². The molecule has 0 spiro atoms. The van der Waals surface area contributed by atoms with Crippen LogP contribution in [0.15, 0.2) is 91.0 Å². The molecule has 0 radical (unpaired) electrons. The summed E-state index contributed by atoms with van der Waals surface area (Å²) < 4.78 is 10.8. The monoisotopic (exact) mass is 517 g/mol. The van der Waals surface area contributed by atoms with Crippen LogP contribution in [0.25, 0.3) is 0 Å². The van der Waals surface area contributed by atoms with Gasteiger partial charge in [0.25, 0.3) is 0 Å². The Kier molecular flexibility index (Phi) is 11.0. The maximum absolute atomic E-state index is 13.4. The summed E-state index contributed by atoms with van der Waals surface area (Å²) in [5, 5.41) is 2.66. The van der Waals surface area contributed by atoms with Crippen LogP contribution in [0, 0.1) is 36.0 Å². The van der Waals surface area contributed by atoms with Gasteiger partial charge in [0.15, 0.2) is 5.54 Å². The van der Waals surface area contributed by atoms with Gasteiger partial charge in [0, 0.05) is 24.0 Å². The number of carbonyl (C=O) groups is 3. The van der Waals surface area contributed by atoms with Crippen molar-refractivity contribution in [1.82, 2.24) is 5.32 Å². The molecule has 0 aliphatic heterocycles. The number of carbonyl (C=O) groups excluding carboxylic acids is 3. The third-order valence-electron chi connectivity index (χ3n) is 5.46. The van der Waals surface area contributed by atoms with Gasteiger partial charge < -0.3 is 14.8 Å². The molecule has 0 atom stereocenters. The Morgan fingerprint density at radius 2 is 1.26 bits per heavy atom. The van der Waals surface area contributed by atoms with Crippen molar-refractivity contribution in [3.63, 3.8) is 0 Å². The van der Waals surface area contributed by atoms with E-state index in [1.54, 1.807) is 0 Å². The minimum atomic E-state index is -1.67. The molecule has 6 nitrogen and oxygen atoms in total. The van der Waals surface area contributed by atoms with Crippen LogP contribution in [-0.2, 0) is 25.7 Å². The van der Waals surface area contributed by atoms with Crippen molar-refractivity contribution in [1.29, 1.82) is 0 Å². The van der Waals surface area contributed by atoms with Crippen molar-refractivity contribution in [3.05, 3.63) is 108 Å². The van der Waals surface area contributed by atoms with Crippen molar-refractivity contribution >= 4 is 17.8 Å². The molecule has 3 rings (SSSR count). The van der Waals surface area contributed by atoms with E-state index in [2.05, 4.69) is 29.0 Å². The Hall–Kier alpha value is -5.25. The lowest BCUT2D eigenvalue weighted by Crippen LogP contribution is -2.55. The number of rotatable bonds is 9. The molecule has 0 heterocycles. The van der Waals surface area contributed by atoms with E-state index in [0.29, 0.717) is 0 Å². The third kappa shape index (κ3) is 9.62. The smallest absolute Gasteiger partial charge is 0.408 e. The lowest BCUT2D eigenvalue weighted by Gasteiger charge is -2.28. The van der Waals surface area contributed by atoms with Crippen molar-refractivity contribution < 1.29 is 23.9 Å². The molecule has 3 aromatic rings. The highest BCUT2D eigenvalue weighted by Crippen LogP contribution is 2.19. The zero-order chi connectivity index (χ0) is 27.8. The van der Waals surface area contributed by atoms with E-state index in [4.69, 9.17) is 15.9 Å². The van der Waals surface area contributed by atoms with Gasteiger partial charge in [0.2, 0.25) is 5.78 Å². The largest absolute Gasteiger partial charge is 0.463 e. The number of benzene rings is 3. The number of hydrogen-bond donors (Lipinski definition) is 1. The summed E-state index contributed by atoms with van der Waals surface area (Å²) in [5.41, 5.74) is 0.584. The summed E-state index contributed by atoms with van der Waals surface area (Å²) in [6, 6.07) is 27.6. The van der Waals surface area contributed by atoms with Gasteiger partial charge in [-0.1, -0.05) is 90.4 Å². The van der Waals surface area contributed by atoms with Crippen LogP contribution >= 0.6 is 0 Å². The minimum Gasteiger partial charge on any atom is -0.463 e. The van der Waals surface area contributed by atoms with Crippen molar-refractivity contribution in [3.8, 4) is 36.0 Å². The van der Waals surface area contributed by atoms with Crippen LogP contribution in [0.1, 0.15) is 36.0 Å². The SMILES string of the molecule is C#CC(=O)CCOC(=O)C(CC#Cc1ccccc1)(CC#Cc1ccccc1)NC(=O)OCc1ccccc1. The lowest BCUT2D eigenvalue weighted by molar-refractivity contribution is -0.151. The van der Waals surface area contributed by atoms with Crippen LogP contribution in [0.4, 0.5) is 4.79 Å². The zero-order valence-corrected chi connectivity index (χ0v) is 21.3. The van der Waals surface area contributed by atoms with Gasteiger partial charge in [0.1, 0.15) is 6.61 Å². The number of alkyl carbamates (subject to hydrolysis) is 1. The maximum atomic E-state index is 13.4. The Morgan fingerprint density at radius 1 is 0.744 bits per heavy atom. The third-order valence-corrected chi connectivity index (χ3v) is 5.46. The molecule has 6 heteroatoms. The predicted molar refractivity (Wildman–Crippen MR) is 148 cm³/mol. The molecule has 0 saturated heterocycles. The minimum absolute atomic E-state index is 0.000139. The summed E-state index contributed by atoms with van der Waals surface area (Å²) in [6.07, 6.45) is 3.89. The van der Waals surface area contributed by atoms with E-state index < -0.39 is 23.4 Å². The number of esters is 1. The molecule has 0 aliphatic carbocycles. The number of hydrogen-bond acceptors (Lipinski definition) is 5. The van der Waals surface area contributed by atoms with E-state index in [1.807, 2.05) is 96.9 Å². The molecular weight excluding hydrogens is 490 g/mol. The van der Waals surface area contributed by atoms with Crippen LogP contribution in [-0.4, -0.2) is 30.0 Å². The van der Waals surface area contributed by atoms with E-state index in [-0.39, 0.29) is 32.5 Å². The fourth-order valence-electron chi connectivity index (χ4n) is 3.38.